The summed E-state index contributed by atoms with van der Waals surface area (Å²) in [6.07, 6.45) is 1.40. The Bertz CT molecular complexity index is 2070. The summed E-state index contributed by atoms with van der Waals surface area (Å²) in [6, 6.07) is 11.7. The van der Waals surface area contributed by atoms with Crippen LogP contribution in [0.15, 0.2) is 67.0 Å². The van der Waals surface area contributed by atoms with Crippen LogP contribution in [0.2, 0.25) is 0 Å². The number of aromatic amines is 1. The zero-order chi connectivity index (χ0) is 38.0. The molecule has 6 rings (SSSR count). The number of nitrogens with zero attached hydrogens (tertiary/aromatic N) is 3. The molecule has 1 fully saturated rings. The van der Waals surface area contributed by atoms with E-state index in [0.717, 1.165) is 46.6 Å². The van der Waals surface area contributed by atoms with Gasteiger partial charge in [0, 0.05) is 24.0 Å². The van der Waals surface area contributed by atoms with E-state index in [9.17, 15) is 22.8 Å². The lowest BCUT2D eigenvalue weighted by atomic mass is 9.88. The van der Waals surface area contributed by atoms with Gasteiger partial charge >= 0.3 is 6.09 Å². The lowest BCUT2D eigenvalue weighted by molar-refractivity contribution is -0.116. The van der Waals surface area contributed by atoms with Crippen molar-refractivity contribution in [3.8, 4) is 0 Å². The van der Waals surface area contributed by atoms with Crippen LogP contribution in [0.4, 0.5) is 28.0 Å². The molecular formula is C40H41F4N5O4. The van der Waals surface area contributed by atoms with E-state index >= 15 is 4.39 Å². The molecule has 9 nitrogen and oxygen atoms in total. The van der Waals surface area contributed by atoms with Crippen LogP contribution in [0.25, 0.3) is 11.0 Å². The van der Waals surface area contributed by atoms with Gasteiger partial charge < -0.3 is 19.8 Å². The summed E-state index contributed by atoms with van der Waals surface area (Å²) in [5.41, 5.74) is 3.96. The highest BCUT2D eigenvalue weighted by Crippen LogP contribution is 2.33. The number of halogens is 4. The number of rotatable bonds is 9. The van der Waals surface area contributed by atoms with E-state index in [1.54, 1.807) is 25.7 Å². The van der Waals surface area contributed by atoms with Crippen LogP contribution in [0.5, 0.6) is 0 Å². The molecule has 0 radical (unpaired) electrons. The molecule has 13 heteroatoms. The first kappa shape index (κ1) is 37.5. The summed E-state index contributed by atoms with van der Waals surface area (Å²) < 4.78 is 69.5. The van der Waals surface area contributed by atoms with Crippen LogP contribution in [-0.2, 0) is 20.7 Å². The van der Waals surface area contributed by atoms with E-state index in [0.29, 0.717) is 11.4 Å². The fraction of sp³-hybridized carbons (Fsp3) is 0.350. The van der Waals surface area contributed by atoms with Gasteiger partial charge in [0.2, 0.25) is 5.91 Å². The number of aryl methyl sites for hydroxylation is 2. The van der Waals surface area contributed by atoms with Gasteiger partial charge in [-0.05, 0) is 106 Å². The van der Waals surface area contributed by atoms with Crippen molar-refractivity contribution in [3.05, 3.63) is 124 Å². The summed E-state index contributed by atoms with van der Waals surface area (Å²) in [6.45, 7) is 9.61. The minimum absolute atomic E-state index is 0.107. The number of morpholine rings is 1. The van der Waals surface area contributed by atoms with Crippen molar-refractivity contribution in [1.82, 2.24) is 19.9 Å². The molecule has 3 heterocycles. The number of ether oxygens (including phenoxy) is 2. The molecule has 1 aliphatic rings. The van der Waals surface area contributed by atoms with Gasteiger partial charge in [-0.3, -0.25) is 14.7 Å². The average Bonchev–Trinajstić information content (AvgIpc) is 3.48. The molecule has 3 atom stereocenters. The van der Waals surface area contributed by atoms with Crippen LogP contribution in [0.3, 0.4) is 0 Å². The molecule has 5 aromatic rings. The van der Waals surface area contributed by atoms with Crippen molar-refractivity contribution in [1.29, 1.82) is 0 Å². The topological polar surface area (TPSA) is 109 Å². The number of fused-ring (bicyclic) bond motifs is 1. The molecule has 278 valence electrons. The monoisotopic (exact) mass is 731 g/mol. The van der Waals surface area contributed by atoms with Crippen molar-refractivity contribution < 1.29 is 36.6 Å². The summed E-state index contributed by atoms with van der Waals surface area (Å²) in [7, 11) is 0. The van der Waals surface area contributed by atoms with Crippen molar-refractivity contribution in [3.63, 3.8) is 0 Å². The minimum atomic E-state index is -0.840. The summed E-state index contributed by atoms with van der Waals surface area (Å²) in [5, 5.41) is 2.71. The van der Waals surface area contributed by atoms with Gasteiger partial charge in [-0.1, -0.05) is 12.1 Å². The van der Waals surface area contributed by atoms with Crippen molar-refractivity contribution in [2.75, 3.05) is 18.5 Å². The lowest BCUT2D eigenvalue weighted by Gasteiger charge is -2.39. The Morgan fingerprint density at radius 2 is 1.66 bits per heavy atom. The molecule has 0 aliphatic carbocycles. The van der Waals surface area contributed by atoms with Gasteiger partial charge in [0.1, 0.15) is 40.7 Å². The zero-order valence-corrected chi connectivity index (χ0v) is 30.1. The number of amides is 2. The zero-order valence-electron chi connectivity index (χ0n) is 30.1. The molecule has 0 spiro atoms. The molecular weight excluding hydrogens is 690 g/mol. The second-order valence-corrected chi connectivity index (χ2v) is 14.4. The van der Waals surface area contributed by atoms with Crippen molar-refractivity contribution >= 4 is 28.7 Å². The Hall–Kier alpha value is -5.30. The smallest absolute Gasteiger partial charge is 0.411 e. The van der Waals surface area contributed by atoms with Gasteiger partial charge in [0.25, 0.3) is 0 Å². The largest absolute Gasteiger partial charge is 0.444 e. The third-order valence-electron chi connectivity index (χ3n) is 9.27. The normalized spacial score (nSPS) is 16.8. The number of aromatic nitrogens is 3. The third kappa shape index (κ3) is 9.02. The summed E-state index contributed by atoms with van der Waals surface area (Å²) in [5.74, 6) is -3.68. The number of benzene rings is 3. The predicted molar refractivity (Wildman–Crippen MR) is 191 cm³/mol. The number of nitrogens with one attached hydrogen (secondary N) is 2. The standard InChI is InChI=1S/C40H41F4N5O4/c1-22-12-33-34(13-23(22)2)48-38(47-33)36-21-52-29(20-49(36)39(51)53-40(3,4)5)10-11-30-32(44)18-45-19-35(30)46-37(50)17-31(24-6-8-26(41)9-7-24)25-14-27(42)16-28(43)15-25/h6-9,12-16,18-19,29,31,36H,10-11,17,20-21H2,1-5H3,(H,46,50)(H,47,48)/t29-,31?,36+/m1/s1. The number of imidazole rings is 1. The van der Waals surface area contributed by atoms with Crippen LogP contribution in [0.1, 0.15) is 79.2 Å². The maximum Gasteiger partial charge on any atom is 0.411 e. The van der Waals surface area contributed by atoms with Gasteiger partial charge in [-0.2, -0.15) is 0 Å². The fourth-order valence-electron chi connectivity index (χ4n) is 6.50. The van der Waals surface area contributed by atoms with Crippen LogP contribution in [-0.4, -0.2) is 56.7 Å². The Morgan fingerprint density at radius 1 is 0.962 bits per heavy atom. The molecule has 2 amide bonds. The molecule has 1 unspecified atom stereocenters. The van der Waals surface area contributed by atoms with Gasteiger partial charge in [0.05, 0.1) is 48.4 Å². The van der Waals surface area contributed by atoms with E-state index in [4.69, 9.17) is 14.5 Å². The molecule has 0 bridgehead atoms. The van der Waals surface area contributed by atoms with Gasteiger partial charge in [-0.15, -0.1) is 0 Å². The first-order chi connectivity index (χ1) is 25.1. The van der Waals surface area contributed by atoms with E-state index in [2.05, 4.69) is 15.3 Å². The van der Waals surface area contributed by atoms with Crippen molar-refractivity contribution in [2.24, 2.45) is 0 Å². The second kappa shape index (κ2) is 15.4. The Labute approximate surface area is 304 Å². The van der Waals surface area contributed by atoms with E-state index in [-0.39, 0.29) is 49.2 Å². The van der Waals surface area contributed by atoms with Crippen LogP contribution < -0.4 is 5.32 Å². The maximum atomic E-state index is 15.3. The van der Waals surface area contributed by atoms with Gasteiger partial charge in [0.15, 0.2) is 0 Å². The lowest BCUT2D eigenvalue weighted by Crippen LogP contribution is -2.49. The summed E-state index contributed by atoms with van der Waals surface area (Å²) in [4.78, 5) is 40.6. The third-order valence-corrected chi connectivity index (χ3v) is 9.27. The number of pyridine rings is 1. The van der Waals surface area contributed by atoms with E-state index in [1.165, 1.54) is 30.5 Å². The average molecular weight is 732 g/mol. The maximum absolute atomic E-state index is 15.3. The Morgan fingerprint density at radius 3 is 2.36 bits per heavy atom. The highest BCUT2D eigenvalue weighted by molar-refractivity contribution is 5.92. The molecule has 1 aliphatic heterocycles. The number of hydrogen-bond acceptors (Lipinski definition) is 6. The Kier molecular flexibility index (Phi) is 10.9. The number of carbonyl (C=O) groups is 2. The molecule has 3 aromatic carbocycles. The fourth-order valence-corrected chi connectivity index (χ4v) is 6.50. The molecule has 53 heavy (non-hydrogen) atoms. The summed E-state index contributed by atoms with van der Waals surface area (Å²) >= 11 is 0. The second-order valence-electron chi connectivity index (χ2n) is 14.4. The highest BCUT2D eigenvalue weighted by atomic mass is 19.1. The SMILES string of the molecule is Cc1cc2nc([C@@H]3CO[C@H](CCc4c(F)cncc4NC(=O)CC(c4ccc(F)cc4)c4cc(F)cc(F)c4)CN3C(=O)OC(C)(C)C)[nH]c2cc1C. The number of H-pyrrole nitrogens is 1. The predicted octanol–water partition coefficient (Wildman–Crippen LogP) is 8.60. The van der Waals surface area contributed by atoms with Crippen LogP contribution in [0, 0.1) is 37.1 Å². The number of hydrogen-bond donors (Lipinski definition) is 2. The molecule has 0 saturated carbocycles. The van der Waals surface area contributed by atoms with E-state index in [1.807, 2.05) is 26.0 Å². The minimum Gasteiger partial charge on any atom is -0.444 e. The number of anilines is 1. The quantitative estimate of drug-likeness (QED) is 0.147. The van der Waals surface area contributed by atoms with Crippen molar-refractivity contribution in [2.45, 2.75) is 77.5 Å². The highest BCUT2D eigenvalue weighted by Gasteiger charge is 2.37. The molecule has 2 aromatic heterocycles. The molecule has 1 saturated heterocycles. The Balaban J connectivity index is 1.19. The van der Waals surface area contributed by atoms with Crippen LogP contribution >= 0.6 is 0 Å². The van der Waals surface area contributed by atoms with Gasteiger partial charge in [-0.25, -0.2) is 27.3 Å². The van der Waals surface area contributed by atoms with E-state index < -0.39 is 58.9 Å². The number of carbonyl (C=O) groups excluding carboxylic acids is 2. The molecule has 2 N–H and O–H groups in total. The first-order valence-corrected chi connectivity index (χ1v) is 17.4. The first-order valence-electron chi connectivity index (χ1n) is 17.4.